The fraction of sp³-hybridized carbons (Fsp3) is 0.0667. The first-order chi connectivity index (χ1) is 10.6. The quantitative estimate of drug-likeness (QED) is 0.485. The van der Waals surface area contributed by atoms with Gasteiger partial charge in [0.05, 0.1) is 23.7 Å². The molecule has 0 amide bonds. The Balaban J connectivity index is 2.44. The first-order valence-electron chi connectivity index (χ1n) is 6.03. The molecule has 0 saturated heterocycles. The Morgan fingerprint density at radius 3 is 2.64 bits per heavy atom. The highest BCUT2D eigenvalue weighted by molar-refractivity contribution is 5.70. The molecule has 1 aromatic carbocycles. The third kappa shape index (κ3) is 2.94. The summed E-state index contributed by atoms with van der Waals surface area (Å²) >= 11 is 0. The van der Waals surface area contributed by atoms with E-state index in [2.05, 4.69) is 0 Å². The lowest BCUT2D eigenvalue weighted by atomic mass is 10.1. The van der Waals surface area contributed by atoms with Gasteiger partial charge in [0.25, 0.3) is 5.69 Å². The number of ether oxygens (including phenoxy) is 1. The summed E-state index contributed by atoms with van der Waals surface area (Å²) in [6.45, 7) is 0. The maximum Gasteiger partial charge on any atom is 0.273 e. The molecule has 7 nitrogen and oxygen atoms in total. The van der Waals surface area contributed by atoms with Crippen molar-refractivity contribution in [1.29, 1.82) is 10.5 Å². The van der Waals surface area contributed by atoms with Gasteiger partial charge in [-0.25, -0.2) is 0 Å². The maximum absolute atomic E-state index is 10.8. The van der Waals surface area contributed by atoms with E-state index in [0.717, 1.165) is 0 Å². The van der Waals surface area contributed by atoms with Crippen LogP contribution in [0.3, 0.4) is 0 Å². The van der Waals surface area contributed by atoms with Crippen LogP contribution in [-0.2, 0) is 0 Å². The number of nitrogens with zero attached hydrogens (tertiary/aromatic N) is 3. The molecule has 2 aromatic rings. The van der Waals surface area contributed by atoms with Crippen molar-refractivity contribution in [3.63, 3.8) is 0 Å². The predicted octanol–water partition coefficient (Wildman–Crippen LogP) is 3.29. The Hall–Kier alpha value is -3.58. The molecule has 0 spiro atoms. The van der Waals surface area contributed by atoms with E-state index in [4.69, 9.17) is 19.7 Å². The van der Waals surface area contributed by atoms with Gasteiger partial charge in [0.15, 0.2) is 0 Å². The molecule has 0 atom stereocenters. The molecule has 0 unspecified atom stereocenters. The predicted molar refractivity (Wildman–Crippen MR) is 76.6 cm³/mol. The van der Waals surface area contributed by atoms with Crippen molar-refractivity contribution in [1.82, 2.24) is 0 Å². The highest BCUT2D eigenvalue weighted by Gasteiger charge is 2.15. The number of furan rings is 1. The van der Waals surface area contributed by atoms with Crippen molar-refractivity contribution in [3.05, 3.63) is 51.8 Å². The highest BCUT2D eigenvalue weighted by atomic mass is 16.6. The molecule has 0 aliphatic carbocycles. The zero-order valence-corrected chi connectivity index (χ0v) is 11.4. The van der Waals surface area contributed by atoms with Crippen LogP contribution in [0.1, 0.15) is 5.76 Å². The van der Waals surface area contributed by atoms with Crippen LogP contribution >= 0.6 is 0 Å². The maximum atomic E-state index is 10.8. The monoisotopic (exact) mass is 295 g/mol. The number of hydrogen-bond acceptors (Lipinski definition) is 6. The van der Waals surface area contributed by atoms with E-state index in [9.17, 15) is 10.1 Å². The molecular formula is C15H9N3O4. The van der Waals surface area contributed by atoms with Crippen LogP contribution in [-0.4, -0.2) is 12.0 Å². The molecule has 7 heteroatoms. The van der Waals surface area contributed by atoms with Crippen LogP contribution in [0.4, 0.5) is 5.69 Å². The average Bonchev–Trinajstić information content (AvgIpc) is 3.00. The summed E-state index contributed by atoms with van der Waals surface area (Å²) in [6, 6.07) is 10.8. The van der Waals surface area contributed by atoms with Crippen LogP contribution in [0.5, 0.6) is 5.75 Å². The molecule has 0 fully saturated rings. The molecule has 22 heavy (non-hydrogen) atoms. The number of non-ortho nitro benzene ring substituents is 1. The first kappa shape index (κ1) is 14.8. The SMILES string of the molecule is COc1cc([N+](=O)[O-])ccc1-c1ccc(C=C(C#N)C#N)o1. The zero-order valence-electron chi connectivity index (χ0n) is 11.4. The van der Waals surface area contributed by atoms with Gasteiger partial charge in [-0.2, -0.15) is 10.5 Å². The van der Waals surface area contributed by atoms with Crippen molar-refractivity contribution < 1.29 is 14.1 Å². The van der Waals surface area contributed by atoms with E-state index in [-0.39, 0.29) is 11.3 Å². The molecule has 0 N–H and O–H groups in total. The summed E-state index contributed by atoms with van der Waals surface area (Å²) in [4.78, 5) is 10.2. The highest BCUT2D eigenvalue weighted by Crippen LogP contribution is 2.34. The number of hydrogen-bond donors (Lipinski definition) is 0. The van der Waals surface area contributed by atoms with E-state index in [1.165, 1.54) is 31.4 Å². The number of allylic oxidation sites excluding steroid dienone is 1. The fourth-order valence-corrected chi connectivity index (χ4v) is 1.80. The van der Waals surface area contributed by atoms with E-state index in [0.29, 0.717) is 22.8 Å². The molecule has 0 aliphatic heterocycles. The third-order valence-electron chi connectivity index (χ3n) is 2.82. The van der Waals surface area contributed by atoms with Gasteiger partial charge in [0.1, 0.15) is 35.0 Å². The lowest BCUT2D eigenvalue weighted by Gasteiger charge is -2.05. The first-order valence-corrected chi connectivity index (χ1v) is 6.03. The van der Waals surface area contributed by atoms with Crippen molar-refractivity contribution in [2.24, 2.45) is 0 Å². The zero-order chi connectivity index (χ0) is 16.1. The molecule has 2 rings (SSSR count). The summed E-state index contributed by atoms with van der Waals surface area (Å²) < 4.78 is 10.7. The largest absolute Gasteiger partial charge is 0.496 e. The second kappa shape index (κ2) is 6.25. The molecule has 108 valence electrons. The Morgan fingerprint density at radius 2 is 2.05 bits per heavy atom. The summed E-state index contributed by atoms with van der Waals surface area (Å²) in [5, 5.41) is 28.2. The lowest BCUT2D eigenvalue weighted by Crippen LogP contribution is -1.91. The van der Waals surface area contributed by atoms with Gasteiger partial charge in [-0.05, 0) is 18.2 Å². The van der Waals surface area contributed by atoms with E-state index >= 15 is 0 Å². The van der Waals surface area contributed by atoms with Gasteiger partial charge in [-0.15, -0.1) is 0 Å². The summed E-state index contributed by atoms with van der Waals surface area (Å²) in [6.07, 6.45) is 1.31. The fourth-order valence-electron chi connectivity index (χ4n) is 1.80. The lowest BCUT2D eigenvalue weighted by molar-refractivity contribution is -0.384. The Morgan fingerprint density at radius 1 is 1.32 bits per heavy atom. The smallest absolute Gasteiger partial charge is 0.273 e. The topological polar surface area (TPSA) is 113 Å². The van der Waals surface area contributed by atoms with Crippen molar-refractivity contribution >= 4 is 11.8 Å². The van der Waals surface area contributed by atoms with Gasteiger partial charge < -0.3 is 9.15 Å². The summed E-state index contributed by atoms with van der Waals surface area (Å²) in [7, 11) is 1.40. The van der Waals surface area contributed by atoms with Gasteiger partial charge in [0.2, 0.25) is 0 Å². The van der Waals surface area contributed by atoms with E-state index in [1.807, 2.05) is 0 Å². The second-order valence-corrected chi connectivity index (χ2v) is 4.13. The minimum Gasteiger partial charge on any atom is -0.496 e. The second-order valence-electron chi connectivity index (χ2n) is 4.13. The number of nitro benzene ring substituents is 1. The van der Waals surface area contributed by atoms with E-state index < -0.39 is 4.92 Å². The van der Waals surface area contributed by atoms with Crippen molar-refractivity contribution in [2.45, 2.75) is 0 Å². The van der Waals surface area contributed by atoms with Gasteiger partial charge >= 0.3 is 0 Å². The number of benzene rings is 1. The average molecular weight is 295 g/mol. The number of rotatable bonds is 4. The number of methoxy groups -OCH3 is 1. The van der Waals surface area contributed by atoms with Gasteiger partial charge in [-0.1, -0.05) is 0 Å². The van der Waals surface area contributed by atoms with Crippen LogP contribution in [0.2, 0.25) is 0 Å². The molecule has 0 aliphatic rings. The van der Waals surface area contributed by atoms with Gasteiger partial charge in [-0.3, -0.25) is 10.1 Å². The molecule has 0 radical (unpaired) electrons. The molecule has 1 aromatic heterocycles. The minimum absolute atomic E-state index is 0.0865. The number of nitriles is 2. The molecular weight excluding hydrogens is 286 g/mol. The minimum atomic E-state index is -0.519. The number of nitro groups is 1. The normalized spacial score (nSPS) is 9.41. The third-order valence-corrected chi connectivity index (χ3v) is 2.82. The summed E-state index contributed by atoms with van der Waals surface area (Å²) in [5.74, 6) is 1.03. The van der Waals surface area contributed by atoms with Crippen LogP contribution in [0.15, 0.2) is 40.3 Å². The Bertz CT molecular complexity index is 821. The van der Waals surface area contributed by atoms with E-state index in [1.54, 1.807) is 24.3 Å². The van der Waals surface area contributed by atoms with Crippen molar-refractivity contribution in [3.8, 4) is 29.2 Å². The van der Waals surface area contributed by atoms with Crippen molar-refractivity contribution in [2.75, 3.05) is 7.11 Å². The molecule has 0 saturated carbocycles. The Kier molecular flexibility index (Phi) is 4.21. The summed E-state index contributed by atoms with van der Waals surface area (Å²) in [5.41, 5.74) is 0.350. The van der Waals surface area contributed by atoms with Crippen LogP contribution in [0.25, 0.3) is 17.4 Å². The standard InChI is InChI=1S/C15H9N3O4/c1-21-15-7-11(18(19)20)2-4-13(15)14-5-3-12(22-14)6-10(8-16)9-17/h2-7H,1H3. The Labute approximate surface area is 125 Å². The molecule has 1 heterocycles. The van der Waals surface area contributed by atoms with Crippen LogP contribution in [0, 0.1) is 32.8 Å². The van der Waals surface area contributed by atoms with Gasteiger partial charge in [0, 0.05) is 12.1 Å². The molecule has 0 bridgehead atoms. The van der Waals surface area contributed by atoms with Crippen LogP contribution < -0.4 is 4.74 Å².